The van der Waals surface area contributed by atoms with Gasteiger partial charge >= 0.3 is 0 Å². The van der Waals surface area contributed by atoms with Crippen LogP contribution in [-0.4, -0.2) is 36.6 Å². The van der Waals surface area contributed by atoms with E-state index in [4.69, 9.17) is 11.6 Å². The molecule has 1 aliphatic heterocycles. The average molecular weight is 231 g/mol. The van der Waals surface area contributed by atoms with Gasteiger partial charge in [-0.1, -0.05) is 24.6 Å². The maximum absolute atomic E-state index is 5.88. The topological polar surface area (TPSA) is 15.3 Å². The predicted molar refractivity (Wildman–Crippen MR) is 67.3 cm³/mol. The van der Waals surface area contributed by atoms with Crippen LogP contribution in [0, 0.1) is 0 Å². The lowest BCUT2D eigenvalue weighted by Crippen LogP contribution is -2.46. The normalized spacial score (nSPS) is 22.3. The van der Waals surface area contributed by atoms with Crippen molar-refractivity contribution in [1.82, 2.24) is 10.2 Å². The van der Waals surface area contributed by atoms with Gasteiger partial charge < -0.3 is 5.32 Å². The average Bonchev–Trinajstić information content (AvgIpc) is 2.17. The van der Waals surface area contributed by atoms with Crippen LogP contribution in [0.15, 0.2) is 11.6 Å². The van der Waals surface area contributed by atoms with E-state index in [0.717, 1.165) is 18.1 Å². The Bertz CT molecular complexity index is 198. The van der Waals surface area contributed by atoms with Crippen molar-refractivity contribution in [3.63, 3.8) is 0 Å². The van der Waals surface area contributed by atoms with Crippen LogP contribution < -0.4 is 5.32 Å². The summed E-state index contributed by atoms with van der Waals surface area (Å²) in [7, 11) is 0. The fourth-order valence-corrected chi connectivity index (χ4v) is 2.19. The van der Waals surface area contributed by atoms with Crippen LogP contribution in [0.25, 0.3) is 0 Å². The van der Waals surface area contributed by atoms with Crippen molar-refractivity contribution in [1.29, 1.82) is 0 Å². The Labute approximate surface area is 98.7 Å². The zero-order valence-corrected chi connectivity index (χ0v) is 10.7. The van der Waals surface area contributed by atoms with Crippen LogP contribution in [0.3, 0.4) is 0 Å². The molecule has 0 saturated carbocycles. The van der Waals surface area contributed by atoms with E-state index in [2.05, 4.69) is 30.6 Å². The van der Waals surface area contributed by atoms with E-state index in [0.29, 0.717) is 12.1 Å². The lowest BCUT2D eigenvalue weighted by Gasteiger charge is -2.32. The Morgan fingerprint density at radius 3 is 2.73 bits per heavy atom. The number of rotatable bonds is 5. The number of hydrogen-bond acceptors (Lipinski definition) is 2. The van der Waals surface area contributed by atoms with Crippen molar-refractivity contribution in [3.05, 3.63) is 11.6 Å². The highest BCUT2D eigenvalue weighted by atomic mass is 35.5. The van der Waals surface area contributed by atoms with E-state index in [1.165, 1.54) is 25.8 Å². The monoisotopic (exact) mass is 230 g/mol. The number of nitrogens with one attached hydrogen (secondary N) is 1. The van der Waals surface area contributed by atoms with Crippen LogP contribution in [0.4, 0.5) is 0 Å². The van der Waals surface area contributed by atoms with Gasteiger partial charge in [0, 0.05) is 30.2 Å². The molecule has 2 nitrogen and oxygen atoms in total. The number of halogens is 1. The van der Waals surface area contributed by atoms with Crippen LogP contribution in [-0.2, 0) is 0 Å². The molecular weight excluding hydrogens is 208 g/mol. The molecule has 0 aromatic carbocycles. The Morgan fingerprint density at radius 2 is 2.27 bits per heavy atom. The van der Waals surface area contributed by atoms with E-state index in [1.807, 2.05) is 0 Å². The first kappa shape index (κ1) is 13.0. The van der Waals surface area contributed by atoms with E-state index < -0.39 is 0 Å². The third-order valence-electron chi connectivity index (χ3n) is 2.97. The number of nitrogens with zero attached hydrogens (tertiary/aromatic N) is 1. The molecular formula is C12H23ClN2. The van der Waals surface area contributed by atoms with Crippen molar-refractivity contribution in [2.75, 3.05) is 19.6 Å². The molecule has 0 amide bonds. The Kier molecular flexibility index (Phi) is 5.65. The Balaban J connectivity index is 2.38. The Hall–Kier alpha value is -0.0500. The summed E-state index contributed by atoms with van der Waals surface area (Å²) >= 11 is 5.88. The summed E-state index contributed by atoms with van der Waals surface area (Å²) in [6, 6.07) is 1.17. The van der Waals surface area contributed by atoms with Crippen LogP contribution in [0.5, 0.6) is 0 Å². The SMILES string of the molecule is C=C(Cl)CN(CC1CCCCN1)C(C)C. The summed E-state index contributed by atoms with van der Waals surface area (Å²) in [5.74, 6) is 0. The van der Waals surface area contributed by atoms with Gasteiger partial charge in [0.25, 0.3) is 0 Å². The molecule has 1 rings (SSSR count). The molecule has 0 bridgehead atoms. The zero-order valence-electron chi connectivity index (χ0n) is 9.93. The second-order valence-electron chi connectivity index (χ2n) is 4.69. The molecule has 1 fully saturated rings. The van der Waals surface area contributed by atoms with Gasteiger partial charge in [-0.05, 0) is 33.2 Å². The van der Waals surface area contributed by atoms with E-state index in [1.54, 1.807) is 0 Å². The molecule has 1 N–H and O–H groups in total. The second-order valence-corrected chi connectivity index (χ2v) is 5.22. The summed E-state index contributed by atoms with van der Waals surface area (Å²) in [5, 5.41) is 4.30. The standard InChI is InChI=1S/C12H23ClN2/c1-10(2)15(8-11(3)13)9-12-6-4-5-7-14-12/h10,12,14H,3-9H2,1-2H3. The highest BCUT2D eigenvalue weighted by molar-refractivity contribution is 6.29. The number of piperidine rings is 1. The van der Waals surface area contributed by atoms with Gasteiger partial charge in [0.1, 0.15) is 0 Å². The summed E-state index contributed by atoms with van der Waals surface area (Å²) in [6.45, 7) is 11.3. The maximum atomic E-state index is 5.88. The van der Waals surface area contributed by atoms with Crippen molar-refractivity contribution < 1.29 is 0 Å². The molecule has 0 aromatic heterocycles. The molecule has 1 aliphatic rings. The van der Waals surface area contributed by atoms with Gasteiger partial charge in [-0.15, -0.1) is 0 Å². The molecule has 3 heteroatoms. The van der Waals surface area contributed by atoms with Gasteiger partial charge in [0.15, 0.2) is 0 Å². The summed E-state index contributed by atoms with van der Waals surface area (Å²) in [4.78, 5) is 2.39. The van der Waals surface area contributed by atoms with Crippen molar-refractivity contribution in [3.8, 4) is 0 Å². The summed E-state index contributed by atoms with van der Waals surface area (Å²) < 4.78 is 0. The second kappa shape index (κ2) is 6.51. The van der Waals surface area contributed by atoms with E-state index in [9.17, 15) is 0 Å². The molecule has 1 atom stereocenters. The van der Waals surface area contributed by atoms with E-state index >= 15 is 0 Å². The predicted octanol–water partition coefficient (Wildman–Crippen LogP) is 2.59. The quantitative estimate of drug-likeness (QED) is 0.781. The number of hydrogen-bond donors (Lipinski definition) is 1. The molecule has 0 radical (unpaired) electrons. The third-order valence-corrected chi connectivity index (χ3v) is 3.09. The molecule has 1 saturated heterocycles. The van der Waals surface area contributed by atoms with Crippen LogP contribution in [0.2, 0.25) is 0 Å². The molecule has 0 spiro atoms. The fraction of sp³-hybridized carbons (Fsp3) is 0.833. The minimum absolute atomic E-state index is 0.532. The molecule has 0 aliphatic carbocycles. The summed E-state index contributed by atoms with van der Waals surface area (Å²) in [5.41, 5.74) is 0. The third kappa shape index (κ3) is 5.01. The van der Waals surface area contributed by atoms with Crippen molar-refractivity contribution in [2.45, 2.75) is 45.2 Å². The first-order valence-corrected chi connectivity index (χ1v) is 6.28. The van der Waals surface area contributed by atoms with Crippen molar-refractivity contribution in [2.24, 2.45) is 0 Å². The zero-order chi connectivity index (χ0) is 11.3. The maximum Gasteiger partial charge on any atom is 0.0339 e. The Morgan fingerprint density at radius 1 is 1.53 bits per heavy atom. The van der Waals surface area contributed by atoms with Crippen LogP contribution >= 0.6 is 11.6 Å². The fourth-order valence-electron chi connectivity index (χ4n) is 2.04. The molecule has 15 heavy (non-hydrogen) atoms. The smallest absolute Gasteiger partial charge is 0.0339 e. The lowest BCUT2D eigenvalue weighted by molar-refractivity contribution is 0.202. The largest absolute Gasteiger partial charge is 0.313 e. The highest BCUT2D eigenvalue weighted by Gasteiger charge is 2.18. The van der Waals surface area contributed by atoms with E-state index in [-0.39, 0.29) is 0 Å². The van der Waals surface area contributed by atoms with Gasteiger partial charge in [0.05, 0.1) is 0 Å². The molecule has 88 valence electrons. The van der Waals surface area contributed by atoms with Gasteiger partial charge in [-0.2, -0.15) is 0 Å². The molecule has 0 aromatic rings. The van der Waals surface area contributed by atoms with Crippen LogP contribution in [0.1, 0.15) is 33.1 Å². The molecule has 1 heterocycles. The van der Waals surface area contributed by atoms with Gasteiger partial charge in [-0.3, -0.25) is 4.90 Å². The molecule has 1 unspecified atom stereocenters. The summed E-state index contributed by atoms with van der Waals surface area (Å²) in [6.07, 6.45) is 3.96. The first-order chi connectivity index (χ1) is 7.09. The minimum atomic E-state index is 0.532. The lowest BCUT2D eigenvalue weighted by atomic mass is 10.0. The minimum Gasteiger partial charge on any atom is -0.313 e. The van der Waals surface area contributed by atoms with Gasteiger partial charge in [-0.25, -0.2) is 0 Å². The first-order valence-electron chi connectivity index (χ1n) is 5.90. The van der Waals surface area contributed by atoms with Gasteiger partial charge in [0.2, 0.25) is 0 Å². The highest BCUT2D eigenvalue weighted by Crippen LogP contribution is 2.12. The van der Waals surface area contributed by atoms with Crippen molar-refractivity contribution >= 4 is 11.6 Å².